The zero-order valence-corrected chi connectivity index (χ0v) is 5.20. The molecule has 0 bridgehead atoms. The third-order valence-corrected chi connectivity index (χ3v) is 0. The van der Waals surface area contributed by atoms with Crippen LogP contribution in [0.15, 0.2) is 0 Å². The molecule has 0 N–H and O–H groups in total. The molecule has 0 amide bonds. The van der Waals surface area contributed by atoms with E-state index >= 15 is 0 Å². The van der Waals surface area contributed by atoms with E-state index in [1.54, 1.807) is 0 Å². The van der Waals surface area contributed by atoms with E-state index in [4.69, 9.17) is 3.40 Å². The molecule has 0 fully saturated rings. The second-order valence-electron chi connectivity index (χ2n) is 0. The van der Waals surface area contributed by atoms with Gasteiger partial charge < -0.3 is 0 Å². The first-order chi connectivity index (χ1) is 1.00. The van der Waals surface area contributed by atoms with Crippen LogP contribution in [-0.4, -0.2) is 18.9 Å². The van der Waals surface area contributed by atoms with Crippen LogP contribution in [0.5, 0.6) is 0 Å². The van der Waals surface area contributed by atoms with Crippen molar-refractivity contribution < 1.29 is 40.0 Å². The van der Waals surface area contributed by atoms with E-state index in [0.29, 0.717) is 19.8 Å². The zero-order chi connectivity index (χ0) is 2.00. The molecule has 0 saturated carbocycles. The van der Waals surface area contributed by atoms with Gasteiger partial charge in [0.1, 0.15) is 0 Å². The Labute approximate surface area is 58.5 Å². The molecule has 4 heteroatoms. The third kappa shape index (κ3) is 9.52. The first-order valence-corrected chi connectivity index (χ1v) is 0.986. The molecular weight excluding hydrogens is 178 g/mol. The minimum atomic E-state index is 0. The van der Waals surface area contributed by atoms with Gasteiger partial charge in [0.2, 0.25) is 0 Å². The summed E-state index contributed by atoms with van der Waals surface area (Å²) in [6.45, 7) is 0. The monoisotopic (exact) mass is 180 g/mol. The summed E-state index contributed by atoms with van der Waals surface area (Å²) < 4.78 is 8.26. The van der Waals surface area contributed by atoms with Crippen LogP contribution >= 0.6 is 0 Å². The summed E-state index contributed by atoms with van der Waals surface area (Å²) in [5, 5.41) is 0. The first-order valence-electron chi connectivity index (χ1n) is 0.167. The van der Waals surface area contributed by atoms with Gasteiger partial charge >= 0.3 is 23.2 Å². The number of rotatable bonds is 0. The van der Waals surface area contributed by atoms with E-state index in [-0.39, 0.29) is 35.6 Å². The Morgan fingerprint density at radius 3 is 1.25 bits per heavy atom. The quantitative estimate of drug-likeness (QED) is 0.456. The topological polar surface area (TPSA) is 17.1 Å². The third-order valence-electron chi connectivity index (χ3n) is 0. The molecule has 4 heavy (non-hydrogen) atoms. The molecule has 0 unspecified atom stereocenters. The molecule has 22 valence electrons. The van der Waals surface area contributed by atoms with E-state index in [9.17, 15) is 0 Å². The normalized spacial score (nSPS) is 1.00. The van der Waals surface area contributed by atoms with E-state index in [1.807, 2.05) is 0 Å². The molecule has 0 aliphatic rings. The number of hydrogen-bond acceptors (Lipinski definition) is 1. The SMILES string of the molecule is [Co].[Li].[O]=[Mo]. The van der Waals surface area contributed by atoms with Gasteiger partial charge in [0.05, 0.1) is 0 Å². The van der Waals surface area contributed by atoms with Gasteiger partial charge in [-0.2, -0.15) is 0 Å². The Balaban J connectivity index is -0.00000000500. The predicted octanol–water partition coefficient (Wildman–Crippen LogP) is -0.505. The Morgan fingerprint density at radius 2 is 1.25 bits per heavy atom. The van der Waals surface area contributed by atoms with Crippen molar-refractivity contribution in [3.8, 4) is 0 Å². The van der Waals surface area contributed by atoms with Crippen molar-refractivity contribution in [2.45, 2.75) is 0 Å². The molecular formula is CoLiMoO. The standard InChI is InChI=1S/Co.Li.Mo.O. The van der Waals surface area contributed by atoms with E-state index in [1.165, 1.54) is 0 Å². The van der Waals surface area contributed by atoms with E-state index in [2.05, 4.69) is 0 Å². The molecule has 1 nitrogen and oxygen atoms in total. The summed E-state index contributed by atoms with van der Waals surface area (Å²) in [5.41, 5.74) is 0. The molecule has 0 heterocycles. The average molecular weight is 178 g/mol. The Hall–Kier alpha value is 1.59. The summed E-state index contributed by atoms with van der Waals surface area (Å²) >= 11 is 0.700. The van der Waals surface area contributed by atoms with Crippen LogP contribution in [0.3, 0.4) is 0 Å². The van der Waals surface area contributed by atoms with Gasteiger partial charge in [0.15, 0.2) is 0 Å². The van der Waals surface area contributed by atoms with Crippen LogP contribution in [0.25, 0.3) is 0 Å². The molecule has 0 aromatic carbocycles. The summed E-state index contributed by atoms with van der Waals surface area (Å²) in [5.74, 6) is 0. The number of hydrogen-bond donors (Lipinski definition) is 0. The van der Waals surface area contributed by atoms with Gasteiger partial charge in [-0.05, 0) is 0 Å². The van der Waals surface area contributed by atoms with Gasteiger partial charge in [0, 0.05) is 35.6 Å². The van der Waals surface area contributed by atoms with Gasteiger partial charge in [-0.3, -0.25) is 0 Å². The average Bonchev–Trinajstić information content (AvgIpc) is 1.00. The second-order valence-corrected chi connectivity index (χ2v) is 0. The van der Waals surface area contributed by atoms with Crippen LogP contribution < -0.4 is 0 Å². The van der Waals surface area contributed by atoms with Gasteiger partial charge in [0.25, 0.3) is 0 Å². The maximum absolute atomic E-state index is 8.26. The Kier molecular flexibility index (Phi) is 103. The molecule has 0 aromatic heterocycles. The zero-order valence-electron chi connectivity index (χ0n) is 2.15. The summed E-state index contributed by atoms with van der Waals surface area (Å²) in [4.78, 5) is 0. The summed E-state index contributed by atoms with van der Waals surface area (Å²) in [6.07, 6.45) is 0. The first kappa shape index (κ1) is 17.6. The van der Waals surface area contributed by atoms with E-state index in [0.717, 1.165) is 0 Å². The Morgan fingerprint density at radius 1 is 1.25 bits per heavy atom. The summed E-state index contributed by atoms with van der Waals surface area (Å²) in [7, 11) is 0. The van der Waals surface area contributed by atoms with Crippen LogP contribution in [0, 0.1) is 0 Å². The van der Waals surface area contributed by atoms with Crippen LogP contribution in [0.4, 0.5) is 0 Å². The molecule has 0 aliphatic heterocycles. The molecule has 0 rings (SSSR count). The van der Waals surface area contributed by atoms with Crippen molar-refractivity contribution in [3.05, 3.63) is 0 Å². The molecule has 0 saturated heterocycles. The van der Waals surface area contributed by atoms with Crippen LogP contribution in [0.2, 0.25) is 0 Å². The van der Waals surface area contributed by atoms with Crippen molar-refractivity contribution in [1.82, 2.24) is 0 Å². The van der Waals surface area contributed by atoms with Crippen LogP contribution in [0.1, 0.15) is 0 Å². The molecule has 0 aromatic rings. The maximum atomic E-state index is 8.26. The van der Waals surface area contributed by atoms with Crippen LogP contribution in [-0.2, 0) is 40.0 Å². The van der Waals surface area contributed by atoms with Crippen molar-refractivity contribution in [3.63, 3.8) is 0 Å². The predicted molar refractivity (Wildman–Crippen MR) is 6.44 cm³/mol. The molecule has 0 spiro atoms. The Bertz CT molecular complexity index is 8.00. The molecule has 0 atom stereocenters. The van der Waals surface area contributed by atoms with Gasteiger partial charge in [-0.15, -0.1) is 0 Å². The van der Waals surface area contributed by atoms with Crippen molar-refractivity contribution in [2.75, 3.05) is 0 Å². The van der Waals surface area contributed by atoms with E-state index < -0.39 is 0 Å². The van der Waals surface area contributed by atoms with Crippen molar-refractivity contribution in [2.24, 2.45) is 0 Å². The van der Waals surface area contributed by atoms with Crippen molar-refractivity contribution in [1.29, 1.82) is 0 Å². The molecule has 0 aliphatic carbocycles. The fraction of sp³-hybridized carbons (Fsp3) is 0. The summed E-state index contributed by atoms with van der Waals surface area (Å²) in [6, 6.07) is 0. The molecule has 2 radical (unpaired) electrons. The second kappa shape index (κ2) is 23.4. The van der Waals surface area contributed by atoms with Gasteiger partial charge in [-0.25, -0.2) is 0 Å². The van der Waals surface area contributed by atoms with Crippen molar-refractivity contribution >= 4 is 18.9 Å². The fourth-order valence-corrected chi connectivity index (χ4v) is 0. The van der Waals surface area contributed by atoms with Gasteiger partial charge in [-0.1, -0.05) is 0 Å². The minimum absolute atomic E-state index is 0. The fourth-order valence-electron chi connectivity index (χ4n) is 0.